The molecule has 4 heterocycles. The first kappa shape index (κ1) is 28.9. The first-order valence-corrected chi connectivity index (χ1v) is 13.2. The molecule has 1 atom stereocenters. The topological polar surface area (TPSA) is 161 Å². The van der Waals surface area contributed by atoms with E-state index in [0.29, 0.717) is 23.7 Å². The number of likely N-dealkylation sites (tertiary alicyclic amines) is 1. The van der Waals surface area contributed by atoms with E-state index in [1.165, 1.54) is 12.3 Å². The number of amides is 2. The Bertz CT molecular complexity index is 1200. The molecule has 4 rings (SSSR count). The molecule has 0 bridgehead atoms. The van der Waals surface area contributed by atoms with Crippen LogP contribution in [0.3, 0.4) is 0 Å². The summed E-state index contributed by atoms with van der Waals surface area (Å²) in [5, 5.41) is 2.76. The monoisotopic (exact) mass is 528 g/mol. The van der Waals surface area contributed by atoms with Crippen molar-refractivity contribution < 1.29 is 9.59 Å². The van der Waals surface area contributed by atoms with E-state index < -0.39 is 0 Å². The average molecular weight is 529 g/mol. The minimum Gasteiger partial charge on any atom is -0.385 e. The number of nitrogens with two attached hydrogens (primary N) is 1. The second kappa shape index (κ2) is 13.2. The van der Waals surface area contributed by atoms with Crippen LogP contribution in [-0.4, -0.2) is 87.4 Å². The standard InChI is InChI=1S/C21H34N6O3.C5H6N2O/c1-5-16-13-26(10-11-27(16)17-6-8-25(9-7-17)15(4)28)19-21(30)24-18(12-22-19)20(29)23-14(2)3;6-4-2-1-3-5(8)7-4/h12,14,16-17H,5-11,13H2,1-4H3,(H,23,29)(H,24,30);1-3H,(H3,6,7,8). The molecular weight excluding hydrogens is 488 g/mol. The van der Waals surface area contributed by atoms with Gasteiger partial charge in [0.15, 0.2) is 5.82 Å². The Morgan fingerprint density at radius 1 is 1.13 bits per heavy atom. The number of hydrogen-bond donors (Lipinski definition) is 4. The highest BCUT2D eigenvalue weighted by molar-refractivity contribution is 5.92. The SMILES string of the molecule is CCC1CN(c2ncc(C(=O)NC(C)C)[nH]c2=O)CCN1C1CCN(C(C)=O)CC1.Nc1cccc(=O)[nH]1. The summed E-state index contributed by atoms with van der Waals surface area (Å²) in [4.78, 5) is 62.6. The van der Waals surface area contributed by atoms with Crippen molar-refractivity contribution in [3.8, 4) is 0 Å². The van der Waals surface area contributed by atoms with Gasteiger partial charge in [0.1, 0.15) is 11.5 Å². The molecule has 12 nitrogen and oxygen atoms in total. The third-order valence-corrected chi connectivity index (χ3v) is 6.90. The van der Waals surface area contributed by atoms with Crippen molar-refractivity contribution in [2.75, 3.05) is 43.4 Å². The van der Waals surface area contributed by atoms with E-state index in [1.54, 1.807) is 19.1 Å². The Morgan fingerprint density at radius 2 is 1.84 bits per heavy atom. The number of hydrogen-bond acceptors (Lipinski definition) is 8. The maximum Gasteiger partial charge on any atom is 0.291 e. The third kappa shape index (κ3) is 7.67. The number of piperidine rings is 1. The molecule has 2 amide bonds. The summed E-state index contributed by atoms with van der Waals surface area (Å²) < 4.78 is 0. The second-order valence-corrected chi connectivity index (χ2v) is 10.0. The maximum atomic E-state index is 12.6. The van der Waals surface area contributed by atoms with Gasteiger partial charge in [-0.1, -0.05) is 13.0 Å². The zero-order chi connectivity index (χ0) is 27.8. The van der Waals surface area contributed by atoms with E-state index in [1.807, 2.05) is 23.6 Å². The normalized spacial score (nSPS) is 18.6. The molecule has 1 unspecified atom stereocenters. The van der Waals surface area contributed by atoms with E-state index in [2.05, 4.69) is 32.1 Å². The number of nitrogens with one attached hydrogen (secondary N) is 3. The summed E-state index contributed by atoms with van der Waals surface area (Å²) in [5.41, 5.74) is 4.89. The van der Waals surface area contributed by atoms with Crippen LogP contribution in [0.15, 0.2) is 34.0 Å². The molecule has 0 saturated carbocycles. The van der Waals surface area contributed by atoms with Crippen molar-refractivity contribution in [3.05, 3.63) is 50.8 Å². The van der Waals surface area contributed by atoms with Gasteiger partial charge in [0.05, 0.1) is 6.20 Å². The molecule has 2 aromatic rings. The fraction of sp³-hybridized carbons (Fsp3) is 0.577. The van der Waals surface area contributed by atoms with Crippen LogP contribution in [0.4, 0.5) is 11.6 Å². The third-order valence-electron chi connectivity index (χ3n) is 6.90. The molecular formula is C26H40N8O4. The van der Waals surface area contributed by atoms with E-state index in [-0.39, 0.29) is 34.7 Å². The van der Waals surface area contributed by atoms with Gasteiger partial charge in [-0.3, -0.25) is 24.1 Å². The predicted molar refractivity (Wildman–Crippen MR) is 147 cm³/mol. The second-order valence-electron chi connectivity index (χ2n) is 10.0. The summed E-state index contributed by atoms with van der Waals surface area (Å²) in [6, 6.07) is 5.44. The lowest BCUT2D eigenvalue weighted by atomic mass is 9.98. The van der Waals surface area contributed by atoms with Gasteiger partial charge in [0.25, 0.3) is 11.5 Å². The van der Waals surface area contributed by atoms with Gasteiger partial charge in [-0.25, -0.2) is 4.98 Å². The summed E-state index contributed by atoms with van der Waals surface area (Å²) in [6.07, 6.45) is 4.42. The van der Waals surface area contributed by atoms with Crippen LogP contribution >= 0.6 is 0 Å². The van der Waals surface area contributed by atoms with Crippen LogP contribution in [0.1, 0.15) is 57.4 Å². The molecule has 2 fully saturated rings. The highest BCUT2D eigenvalue weighted by atomic mass is 16.2. The van der Waals surface area contributed by atoms with Crippen LogP contribution in [0.5, 0.6) is 0 Å². The number of pyridine rings is 1. The minimum absolute atomic E-state index is 0.0126. The van der Waals surface area contributed by atoms with Crippen molar-refractivity contribution in [1.82, 2.24) is 30.1 Å². The Labute approximate surface area is 222 Å². The minimum atomic E-state index is -0.329. The van der Waals surface area contributed by atoms with Crippen LogP contribution in [0, 0.1) is 0 Å². The van der Waals surface area contributed by atoms with Gasteiger partial charge >= 0.3 is 0 Å². The van der Waals surface area contributed by atoms with Crippen molar-refractivity contribution in [1.29, 1.82) is 0 Å². The van der Waals surface area contributed by atoms with Gasteiger partial charge in [0, 0.05) is 63.8 Å². The van der Waals surface area contributed by atoms with Crippen molar-refractivity contribution in [2.24, 2.45) is 0 Å². The Hall–Kier alpha value is -3.67. The lowest BCUT2D eigenvalue weighted by Crippen LogP contribution is -2.59. The number of aromatic amines is 2. The number of rotatable bonds is 5. The highest BCUT2D eigenvalue weighted by Gasteiger charge is 2.34. The van der Waals surface area contributed by atoms with E-state index in [9.17, 15) is 19.2 Å². The summed E-state index contributed by atoms with van der Waals surface area (Å²) in [5.74, 6) is 0.605. The smallest absolute Gasteiger partial charge is 0.291 e. The van der Waals surface area contributed by atoms with Crippen LogP contribution < -0.4 is 27.1 Å². The lowest BCUT2D eigenvalue weighted by molar-refractivity contribution is -0.130. The Balaban J connectivity index is 0.000000427. The zero-order valence-corrected chi connectivity index (χ0v) is 22.7. The van der Waals surface area contributed by atoms with Crippen molar-refractivity contribution >= 4 is 23.5 Å². The molecule has 5 N–H and O–H groups in total. The Morgan fingerprint density at radius 3 is 2.37 bits per heavy atom. The molecule has 2 aromatic heterocycles. The van der Waals surface area contributed by atoms with Gasteiger partial charge in [-0.15, -0.1) is 0 Å². The van der Waals surface area contributed by atoms with Crippen LogP contribution in [0.25, 0.3) is 0 Å². The molecule has 0 aromatic carbocycles. The van der Waals surface area contributed by atoms with E-state index in [4.69, 9.17) is 5.73 Å². The molecule has 2 aliphatic rings. The first-order valence-electron chi connectivity index (χ1n) is 13.2. The molecule has 38 heavy (non-hydrogen) atoms. The largest absolute Gasteiger partial charge is 0.385 e. The van der Waals surface area contributed by atoms with Gasteiger partial charge in [-0.05, 0) is 39.2 Å². The predicted octanol–water partition coefficient (Wildman–Crippen LogP) is 0.777. The number of H-pyrrole nitrogens is 2. The molecule has 0 spiro atoms. The zero-order valence-electron chi connectivity index (χ0n) is 22.7. The quantitative estimate of drug-likeness (QED) is 0.443. The maximum absolute atomic E-state index is 12.6. The number of nitrogen functional groups attached to an aromatic ring is 1. The molecule has 0 radical (unpaired) electrons. The number of carbonyl (C=O) groups excluding carboxylic acids is 2. The average Bonchev–Trinajstić information content (AvgIpc) is 2.88. The van der Waals surface area contributed by atoms with E-state index in [0.717, 1.165) is 52.0 Å². The molecule has 2 saturated heterocycles. The molecule has 2 aliphatic heterocycles. The van der Waals surface area contributed by atoms with E-state index >= 15 is 0 Å². The lowest BCUT2D eigenvalue weighted by Gasteiger charge is -2.47. The van der Waals surface area contributed by atoms with Crippen LogP contribution in [0.2, 0.25) is 0 Å². The molecule has 12 heteroatoms. The number of anilines is 2. The number of carbonyl (C=O) groups is 2. The fourth-order valence-corrected chi connectivity index (χ4v) is 4.96. The van der Waals surface area contributed by atoms with Gasteiger partial charge in [0.2, 0.25) is 11.5 Å². The van der Waals surface area contributed by atoms with Crippen LogP contribution in [-0.2, 0) is 4.79 Å². The summed E-state index contributed by atoms with van der Waals surface area (Å²) in [6.45, 7) is 11.5. The van der Waals surface area contributed by atoms with Gasteiger partial charge in [-0.2, -0.15) is 0 Å². The summed E-state index contributed by atoms with van der Waals surface area (Å²) in [7, 11) is 0. The molecule has 208 valence electrons. The molecule has 0 aliphatic carbocycles. The number of nitrogens with zero attached hydrogens (tertiary/aromatic N) is 4. The fourth-order valence-electron chi connectivity index (χ4n) is 4.96. The van der Waals surface area contributed by atoms with Gasteiger partial charge < -0.3 is 30.8 Å². The highest BCUT2D eigenvalue weighted by Crippen LogP contribution is 2.24. The summed E-state index contributed by atoms with van der Waals surface area (Å²) >= 11 is 0. The van der Waals surface area contributed by atoms with Crippen molar-refractivity contribution in [2.45, 2.75) is 65.1 Å². The van der Waals surface area contributed by atoms with Crippen molar-refractivity contribution in [3.63, 3.8) is 0 Å². The first-order chi connectivity index (χ1) is 18.1. The Kier molecular flexibility index (Phi) is 10.1. The number of aromatic nitrogens is 3. The number of piperazine rings is 1.